The Hall–Kier alpha value is -0.0405. The molecule has 2 rings (SSSR count). The third kappa shape index (κ3) is 18.1. The van der Waals surface area contributed by atoms with Crippen LogP contribution < -0.4 is 35.9 Å². The maximum absolute atomic E-state index is 11.2. The van der Waals surface area contributed by atoms with Crippen molar-refractivity contribution in [3.8, 4) is 0 Å². The van der Waals surface area contributed by atoms with Gasteiger partial charge in [-0.1, -0.05) is 101 Å². The number of hydrogen-bond donors (Lipinski definition) is 0. The largest absolute Gasteiger partial charge is 2.00 e. The molecule has 0 saturated carbocycles. The number of aromatic nitrogens is 2. The summed E-state index contributed by atoms with van der Waals surface area (Å²) < 4.78 is 3.67. The van der Waals surface area contributed by atoms with E-state index < -0.39 is 0 Å². The van der Waals surface area contributed by atoms with Crippen molar-refractivity contribution >= 4 is 23.1 Å². The van der Waals surface area contributed by atoms with Crippen LogP contribution in [0.25, 0.3) is 0 Å². The molecular weight excluding hydrogens is 523 g/mol. The maximum Gasteiger partial charge on any atom is 2.00 e. The molecule has 9 heteroatoms. The summed E-state index contributed by atoms with van der Waals surface area (Å²) in [5, 5.41) is 3.72. The third-order valence-corrected chi connectivity index (χ3v) is 6.47. The Balaban J connectivity index is -0.000000461. The molecule has 0 aromatic carbocycles. The molecule has 2 heterocycles. The summed E-state index contributed by atoms with van der Waals surface area (Å²) in [5.41, 5.74) is 0.312. The van der Waals surface area contributed by atoms with Gasteiger partial charge in [0, 0.05) is 36.0 Å². The van der Waals surface area contributed by atoms with Crippen molar-refractivity contribution in [1.29, 1.82) is 0 Å². The van der Waals surface area contributed by atoms with Gasteiger partial charge >= 0.3 is 17.1 Å². The van der Waals surface area contributed by atoms with Gasteiger partial charge in [-0.25, -0.2) is 0 Å². The zero-order valence-electron chi connectivity index (χ0n) is 18.8. The SMILES string of the molecule is CCCCCCCCn1sccc1=O.CCCCCCCCn1sccc1=O.[Cl-].[Cl-].[Cu+2]. The molecule has 0 fully saturated rings. The van der Waals surface area contributed by atoms with Crippen molar-refractivity contribution in [2.24, 2.45) is 0 Å². The second-order valence-electron chi connectivity index (χ2n) is 7.23. The summed E-state index contributed by atoms with van der Waals surface area (Å²) in [7, 11) is 0. The van der Waals surface area contributed by atoms with Gasteiger partial charge in [0.1, 0.15) is 0 Å². The summed E-state index contributed by atoms with van der Waals surface area (Å²) in [6, 6.07) is 3.28. The van der Waals surface area contributed by atoms with E-state index in [1.54, 1.807) is 12.1 Å². The summed E-state index contributed by atoms with van der Waals surface area (Å²) in [6.07, 6.45) is 15.4. The van der Waals surface area contributed by atoms with E-state index in [1.807, 2.05) is 18.7 Å². The fraction of sp³-hybridized carbons (Fsp3) is 0.727. The molecule has 2 aromatic heterocycles. The van der Waals surface area contributed by atoms with E-state index in [2.05, 4.69) is 13.8 Å². The maximum atomic E-state index is 11.2. The van der Waals surface area contributed by atoms with Gasteiger partial charge < -0.3 is 24.8 Å². The van der Waals surface area contributed by atoms with Crippen LogP contribution in [0.15, 0.2) is 32.5 Å². The molecule has 0 aliphatic rings. The summed E-state index contributed by atoms with van der Waals surface area (Å²) in [4.78, 5) is 22.3. The van der Waals surface area contributed by atoms with Crippen molar-refractivity contribution in [3.63, 3.8) is 0 Å². The minimum Gasteiger partial charge on any atom is -1.00 e. The predicted molar refractivity (Wildman–Crippen MR) is 124 cm³/mol. The van der Waals surface area contributed by atoms with Crippen LogP contribution in [0.1, 0.15) is 90.9 Å². The van der Waals surface area contributed by atoms with E-state index in [0.29, 0.717) is 0 Å². The van der Waals surface area contributed by atoms with Crippen molar-refractivity contribution in [2.75, 3.05) is 0 Å². The first-order chi connectivity index (χ1) is 13.7. The number of rotatable bonds is 14. The molecule has 0 saturated heterocycles. The van der Waals surface area contributed by atoms with Gasteiger partial charge in [-0.05, 0) is 12.8 Å². The zero-order valence-corrected chi connectivity index (χ0v) is 22.9. The molecule has 0 N–H and O–H groups in total. The van der Waals surface area contributed by atoms with E-state index in [1.165, 1.54) is 87.3 Å². The molecule has 0 amide bonds. The molecule has 0 unspecified atom stereocenters. The second-order valence-corrected chi connectivity index (χ2v) is 9.08. The average Bonchev–Trinajstić information content (AvgIpc) is 3.29. The van der Waals surface area contributed by atoms with Crippen LogP contribution in [-0.4, -0.2) is 7.91 Å². The molecule has 0 spiro atoms. The van der Waals surface area contributed by atoms with Gasteiger partial charge in [-0.3, -0.25) is 17.5 Å². The van der Waals surface area contributed by atoms with Gasteiger partial charge in [0.2, 0.25) is 0 Å². The first-order valence-electron chi connectivity index (χ1n) is 11.0. The summed E-state index contributed by atoms with van der Waals surface area (Å²) in [6.45, 7) is 6.27. The van der Waals surface area contributed by atoms with Crippen LogP contribution in [0.2, 0.25) is 0 Å². The Kier molecular flexibility index (Phi) is 28.2. The molecule has 31 heavy (non-hydrogen) atoms. The molecule has 0 aliphatic heterocycles. The number of aryl methyl sites for hydroxylation is 2. The van der Waals surface area contributed by atoms with E-state index >= 15 is 0 Å². The fourth-order valence-corrected chi connectivity index (χ4v) is 4.44. The molecule has 4 nitrogen and oxygen atoms in total. The van der Waals surface area contributed by atoms with E-state index in [-0.39, 0.29) is 53.0 Å². The minimum atomic E-state index is 0. The predicted octanol–water partition coefficient (Wildman–Crippen LogP) is 0.546. The Morgan fingerprint density at radius 2 is 0.935 bits per heavy atom. The standard InChI is InChI=1S/2C11H19NOS.2ClH.Cu/c2*1-2-3-4-5-6-7-9-12-11(13)8-10-14-12;;;/h2*8,10H,2-7,9H2,1H3;2*1H;/q;;;;+2/p-2. The van der Waals surface area contributed by atoms with Gasteiger partial charge in [0.25, 0.3) is 11.1 Å². The van der Waals surface area contributed by atoms with Gasteiger partial charge in [0.15, 0.2) is 0 Å². The van der Waals surface area contributed by atoms with Crippen LogP contribution in [0.3, 0.4) is 0 Å². The second kappa shape index (κ2) is 24.6. The van der Waals surface area contributed by atoms with Crippen molar-refractivity contribution in [2.45, 2.75) is 104 Å². The molecule has 0 bridgehead atoms. The Bertz CT molecular complexity index is 656. The van der Waals surface area contributed by atoms with Crippen molar-refractivity contribution in [3.05, 3.63) is 43.6 Å². The van der Waals surface area contributed by atoms with Gasteiger partial charge in [-0.15, -0.1) is 0 Å². The van der Waals surface area contributed by atoms with Crippen LogP contribution in [0, 0.1) is 0 Å². The average molecular weight is 561 g/mol. The fourth-order valence-electron chi connectivity index (χ4n) is 2.99. The first-order valence-corrected chi connectivity index (χ1v) is 12.7. The molecule has 185 valence electrons. The molecule has 0 atom stereocenters. The minimum absolute atomic E-state index is 0. The van der Waals surface area contributed by atoms with Crippen LogP contribution >= 0.6 is 23.1 Å². The smallest absolute Gasteiger partial charge is 1.00 e. The number of halogens is 2. The van der Waals surface area contributed by atoms with E-state index in [4.69, 9.17) is 0 Å². The monoisotopic (exact) mass is 559 g/mol. The van der Waals surface area contributed by atoms with Crippen LogP contribution in [0.5, 0.6) is 0 Å². The molecule has 0 aliphatic carbocycles. The van der Waals surface area contributed by atoms with E-state index in [0.717, 1.165) is 25.9 Å². The van der Waals surface area contributed by atoms with Crippen molar-refractivity contribution in [1.82, 2.24) is 7.91 Å². The number of hydrogen-bond acceptors (Lipinski definition) is 4. The zero-order chi connectivity index (χ0) is 20.5. The summed E-state index contributed by atoms with van der Waals surface area (Å²) in [5.74, 6) is 0. The molecule has 2 aromatic rings. The van der Waals surface area contributed by atoms with Gasteiger partial charge in [0.05, 0.1) is 0 Å². The quantitative estimate of drug-likeness (QED) is 0.250. The normalized spacial score (nSPS) is 9.61. The molecular formula is C22H38Cl2CuN2O2S2. The Morgan fingerprint density at radius 1 is 0.613 bits per heavy atom. The summed E-state index contributed by atoms with van der Waals surface area (Å²) >= 11 is 3.04. The number of nitrogens with zero attached hydrogens (tertiary/aromatic N) is 2. The van der Waals surface area contributed by atoms with Crippen LogP contribution in [0.4, 0.5) is 0 Å². The van der Waals surface area contributed by atoms with Crippen LogP contribution in [-0.2, 0) is 30.2 Å². The first kappa shape index (κ1) is 35.5. The topological polar surface area (TPSA) is 44.0 Å². The van der Waals surface area contributed by atoms with Crippen molar-refractivity contribution < 1.29 is 41.9 Å². The molecule has 1 radical (unpaired) electrons. The van der Waals surface area contributed by atoms with E-state index in [9.17, 15) is 9.59 Å². The van der Waals surface area contributed by atoms with Gasteiger partial charge in [-0.2, -0.15) is 0 Å². The Labute approximate surface area is 219 Å². The Morgan fingerprint density at radius 3 is 1.23 bits per heavy atom. The number of unbranched alkanes of at least 4 members (excludes halogenated alkanes) is 10. The third-order valence-electron chi connectivity index (χ3n) is 4.72.